The summed E-state index contributed by atoms with van der Waals surface area (Å²) in [4.78, 5) is 2.31. The molecule has 0 amide bonds. The third-order valence-corrected chi connectivity index (χ3v) is 8.65. The molecule has 8 rings (SSSR count). The lowest BCUT2D eigenvalue weighted by Crippen LogP contribution is -2.09. The molecule has 0 unspecified atom stereocenters. The van der Waals surface area contributed by atoms with E-state index in [1.54, 1.807) is 0 Å². The van der Waals surface area contributed by atoms with E-state index in [4.69, 9.17) is 0 Å². The summed E-state index contributed by atoms with van der Waals surface area (Å²) in [6.07, 6.45) is 0. The van der Waals surface area contributed by atoms with Crippen LogP contribution in [0.2, 0.25) is 0 Å². The quantitative estimate of drug-likeness (QED) is 0.191. The van der Waals surface area contributed by atoms with Crippen molar-refractivity contribution in [2.24, 2.45) is 0 Å². The van der Waals surface area contributed by atoms with Gasteiger partial charge in [0.15, 0.2) is 0 Å². The van der Waals surface area contributed by atoms with Crippen molar-refractivity contribution in [2.75, 3.05) is 4.90 Å². The highest BCUT2D eigenvalue weighted by Gasteiger charge is 2.13. The van der Waals surface area contributed by atoms with E-state index >= 15 is 0 Å². The Hall–Kier alpha value is -5.92. The molecule has 0 aliphatic carbocycles. The van der Waals surface area contributed by atoms with Crippen LogP contribution in [0.4, 0.5) is 17.1 Å². The number of anilines is 3. The van der Waals surface area contributed by atoms with Crippen LogP contribution in [-0.4, -0.2) is 0 Å². The average molecular weight is 574 g/mol. The molecule has 0 saturated carbocycles. The first-order valence-electron chi connectivity index (χ1n) is 15.4. The van der Waals surface area contributed by atoms with Gasteiger partial charge in [-0.15, -0.1) is 0 Å². The van der Waals surface area contributed by atoms with Gasteiger partial charge in [0.05, 0.1) is 0 Å². The third-order valence-electron chi connectivity index (χ3n) is 8.65. The average Bonchev–Trinajstić information content (AvgIpc) is 3.12. The fraction of sp³-hybridized carbons (Fsp3) is 0. The van der Waals surface area contributed by atoms with E-state index in [0.717, 1.165) is 17.1 Å². The van der Waals surface area contributed by atoms with Gasteiger partial charge in [-0.25, -0.2) is 0 Å². The summed E-state index contributed by atoms with van der Waals surface area (Å²) < 4.78 is 0. The molecule has 0 N–H and O–H groups in total. The number of rotatable bonds is 6. The van der Waals surface area contributed by atoms with E-state index in [-0.39, 0.29) is 0 Å². The van der Waals surface area contributed by atoms with E-state index in [1.807, 2.05) is 0 Å². The molecule has 1 heteroatoms. The number of benzene rings is 8. The van der Waals surface area contributed by atoms with Gasteiger partial charge in [-0.2, -0.15) is 0 Å². The van der Waals surface area contributed by atoms with Crippen LogP contribution in [0.15, 0.2) is 188 Å². The highest BCUT2D eigenvalue weighted by atomic mass is 15.1. The highest BCUT2D eigenvalue weighted by molar-refractivity contribution is 5.99. The van der Waals surface area contributed by atoms with E-state index in [2.05, 4.69) is 193 Å². The molecule has 0 bridgehead atoms. The van der Waals surface area contributed by atoms with E-state index in [0.29, 0.717) is 0 Å². The van der Waals surface area contributed by atoms with Gasteiger partial charge < -0.3 is 4.90 Å². The molecule has 0 aliphatic heterocycles. The SMILES string of the molecule is c1ccc(-c2ccc(N(c3ccccc3)c3ccc(-c4ccc5ccc(-c6cccc7ccccc67)cc5c4)cc3)cc2)cc1. The highest BCUT2D eigenvalue weighted by Crippen LogP contribution is 2.37. The summed E-state index contributed by atoms with van der Waals surface area (Å²) in [6, 6.07) is 67.6. The minimum atomic E-state index is 1.12. The van der Waals surface area contributed by atoms with Gasteiger partial charge in [-0.1, -0.05) is 140 Å². The summed E-state index contributed by atoms with van der Waals surface area (Å²) >= 11 is 0. The first-order chi connectivity index (χ1) is 22.3. The Morgan fingerprint density at radius 1 is 0.267 bits per heavy atom. The fourth-order valence-corrected chi connectivity index (χ4v) is 6.33. The molecule has 0 radical (unpaired) electrons. The predicted octanol–water partition coefficient (Wildman–Crippen LogP) is 12.5. The zero-order valence-electron chi connectivity index (χ0n) is 24.8. The summed E-state index contributed by atoms with van der Waals surface area (Å²) in [6.45, 7) is 0. The van der Waals surface area contributed by atoms with Gasteiger partial charge in [0, 0.05) is 17.1 Å². The fourth-order valence-electron chi connectivity index (χ4n) is 6.33. The largest absolute Gasteiger partial charge is 0.311 e. The molecule has 0 saturated heterocycles. The molecule has 0 heterocycles. The van der Waals surface area contributed by atoms with Crippen molar-refractivity contribution in [3.8, 4) is 33.4 Å². The maximum absolute atomic E-state index is 2.32. The number of nitrogens with zero attached hydrogens (tertiary/aromatic N) is 1. The molecule has 8 aromatic rings. The van der Waals surface area contributed by atoms with Crippen molar-refractivity contribution >= 4 is 38.6 Å². The number of hydrogen-bond acceptors (Lipinski definition) is 1. The Morgan fingerprint density at radius 3 is 1.47 bits per heavy atom. The Labute approximate surface area is 264 Å². The Kier molecular flexibility index (Phi) is 6.90. The zero-order chi connectivity index (χ0) is 30.0. The van der Waals surface area contributed by atoms with Gasteiger partial charge >= 0.3 is 0 Å². The molecule has 212 valence electrons. The second-order valence-electron chi connectivity index (χ2n) is 11.4. The van der Waals surface area contributed by atoms with Crippen LogP contribution < -0.4 is 4.90 Å². The third kappa shape index (κ3) is 5.26. The minimum absolute atomic E-state index is 1.12. The van der Waals surface area contributed by atoms with Gasteiger partial charge in [-0.05, 0) is 103 Å². The minimum Gasteiger partial charge on any atom is -0.311 e. The lowest BCUT2D eigenvalue weighted by Gasteiger charge is -2.26. The molecule has 0 atom stereocenters. The second-order valence-corrected chi connectivity index (χ2v) is 11.4. The maximum atomic E-state index is 2.32. The molecule has 0 spiro atoms. The summed E-state index contributed by atoms with van der Waals surface area (Å²) in [5.74, 6) is 0. The van der Waals surface area contributed by atoms with Crippen LogP contribution in [0.1, 0.15) is 0 Å². The summed E-state index contributed by atoms with van der Waals surface area (Å²) in [7, 11) is 0. The smallest absolute Gasteiger partial charge is 0.0462 e. The lowest BCUT2D eigenvalue weighted by atomic mass is 9.95. The van der Waals surface area contributed by atoms with Crippen molar-refractivity contribution in [3.05, 3.63) is 188 Å². The monoisotopic (exact) mass is 573 g/mol. The van der Waals surface area contributed by atoms with Crippen LogP contribution in [0.25, 0.3) is 54.9 Å². The second kappa shape index (κ2) is 11.6. The maximum Gasteiger partial charge on any atom is 0.0462 e. The molecular weight excluding hydrogens is 542 g/mol. The summed E-state index contributed by atoms with van der Waals surface area (Å²) in [5.41, 5.74) is 10.7. The molecule has 45 heavy (non-hydrogen) atoms. The molecule has 0 fully saturated rings. The van der Waals surface area contributed by atoms with E-state index in [9.17, 15) is 0 Å². The topological polar surface area (TPSA) is 3.24 Å². The molecule has 0 aromatic heterocycles. The first-order valence-corrected chi connectivity index (χ1v) is 15.4. The number of fused-ring (bicyclic) bond motifs is 2. The van der Waals surface area contributed by atoms with Gasteiger partial charge in [0.25, 0.3) is 0 Å². The lowest BCUT2D eigenvalue weighted by molar-refractivity contribution is 1.28. The Balaban J connectivity index is 1.13. The van der Waals surface area contributed by atoms with Gasteiger partial charge in [0.2, 0.25) is 0 Å². The Morgan fingerprint density at radius 2 is 0.756 bits per heavy atom. The van der Waals surface area contributed by atoms with Crippen LogP contribution >= 0.6 is 0 Å². The molecular formula is C44H31N. The van der Waals surface area contributed by atoms with Crippen LogP contribution in [-0.2, 0) is 0 Å². The molecule has 8 aromatic carbocycles. The van der Waals surface area contributed by atoms with Crippen molar-refractivity contribution in [1.82, 2.24) is 0 Å². The first kappa shape index (κ1) is 26.7. The standard InChI is InChI=1S/C44H31N/c1-3-10-32(11-4-1)33-22-26-41(27-23-33)45(40-14-5-2-6-15-40)42-28-24-34(25-29-42)37-20-18-35-19-21-38(31-39(35)30-37)44-17-9-13-36-12-7-8-16-43(36)44/h1-31H. The van der Waals surface area contributed by atoms with Gasteiger partial charge in [0.1, 0.15) is 0 Å². The Bertz CT molecular complexity index is 2230. The normalized spacial score (nSPS) is 11.1. The summed E-state index contributed by atoms with van der Waals surface area (Å²) in [5, 5.41) is 5.03. The van der Waals surface area contributed by atoms with Crippen LogP contribution in [0.5, 0.6) is 0 Å². The number of para-hydroxylation sites is 1. The van der Waals surface area contributed by atoms with Crippen molar-refractivity contribution in [1.29, 1.82) is 0 Å². The molecule has 0 aliphatic rings. The van der Waals surface area contributed by atoms with Crippen molar-refractivity contribution < 1.29 is 0 Å². The van der Waals surface area contributed by atoms with Crippen LogP contribution in [0, 0.1) is 0 Å². The van der Waals surface area contributed by atoms with E-state index in [1.165, 1.54) is 54.9 Å². The van der Waals surface area contributed by atoms with Crippen molar-refractivity contribution in [3.63, 3.8) is 0 Å². The van der Waals surface area contributed by atoms with Crippen LogP contribution in [0.3, 0.4) is 0 Å². The zero-order valence-corrected chi connectivity index (χ0v) is 24.8. The number of hydrogen-bond donors (Lipinski definition) is 0. The van der Waals surface area contributed by atoms with Crippen molar-refractivity contribution in [2.45, 2.75) is 0 Å². The molecule has 1 nitrogen and oxygen atoms in total. The van der Waals surface area contributed by atoms with E-state index < -0.39 is 0 Å². The predicted molar refractivity (Wildman–Crippen MR) is 192 cm³/mol. The van der Waals surface area contributed by atoms with Gasteiger partial charge in [-0.3, -0.25) is 0 Å².